The van der Waals surface area contributed by atoms with E-state index in [1.54, 1.807) is 18.4 Å². The minimum atomic E-state index is 0.741. The highest BCUT2D eigenvalue weighted by Crippen LogP contribution is 2.01. The predicted molar refractivity (Wildman–Crippen MR) is 61.2 cm³/mol. The van der Waals surface area contributed by atoms with Crippen molar-refractivity contribution < 1.29 is 9.21 Å². The fourth-order valence-electron chi connectivity index (χ4n) is 0.903. The molecule has 0 radical (unpaired) electrons. The summed E-state index contributed by atoms with van der Waals surface area (Å²) < 4.78 is 5.10. The van der Waals surface area contributed by atoms with Gasteiger partial charge in [-0.25, -0.2) is 0 Å². The molecule has 0 saturated heterocycles. The molecule has 1 aromatic heterocycles. The number of furan rings is 1. The van der Waals surface area contributed by atoms with Crippen LogP contribution in [0.1, 0.15) is 5.76 Å². The first kappa shape index (κ1) is 11.0. The van der Waals surface area contributed by atoms with Crippen LogP contribution in [0.2, 0.25) is 0 Å². The zero-order valence-corrected chi connectivity index (χ0v) is 8.24. The Balaban J connectivity index is 2.30. The van der Waals surface area contributed by atoms with Gasteiger partial charge in [0.25, 0.3) is 0 Å². The Morgan fingerprint density at radius 1 is 0.933 bits per heavy atom. The van der Waals surface area contributed by atoms with Gasteiger partial charge in [-0.3, -0.25) is 4.79 Å². The van der Waals surface area contributed by atoms with E-state index in [2.05, 4.69) is 0 Å². The first-order valence-corrected chi connectivity index (χ1v) is 4.59. The van der Waals surface area contributed by atoms with Crippen molar-refractivity contribution in [3.63, 3.8) is 0 Å². The van der Waals surface area contributed by atoms with Crippen LogP contribution in [0, 0.1) is 0 Å². The van der Waals surface area contributed by atoms with E-state index in [-0.39, 0.29) is 0 Å². The van der Waals surface area contributed by atoms with Gasteiger partial charge in [0.15, 0.2) is 0 Å². The van der Waals surface area contributed by atoms with E-state index in [1.165, 1.54) is 6.08 Å². The highest BCUT2D eigenvalue weighted by Gasteiger charge is 1.83. The first-order valence-electron chi connectivity index (χ1n) is 4.59. The molecule has 15 heavy (non-hydrogen) atoms. The van der Waals surface area contributed by atoms with E-state index >= 15 is 0 Å². The molecule has 1 rings (SSSR count). The third-order valence-corrected chi connectivity index (χ3v) is 1.55. The zero-order chi connectivity index (χ0) is 10.8. The Morgan fingerprint density at radius 2 is 1.60 bits per heavy atom. The summed E-state index contributed by atoms with van der Waals surface area (Å²) in [4.78, 5) is 9.91. The summed E-state index contributed by atoms with van der Waals surface area (Å²) in [5.74, 6) is 0.824. The molecule has 1 aromatic rings. The topological polar surface area (TPSA) is 30.2 Å². The maximum atomic E-state index is 9.91. The van der Waals surface area contributed by atoms with Crippen molar-refractivity contribution in [3.05, 3.63) is 66.7 Å². The second kappa shape index (κ2) is 7.33. The van der Waals surface area contributed by atoms with E-state index in [0.29, 0.717) is 0 Å². The van der Waals surface area contributed by atoms with Gasteiger partial charge >= 0.3 is 0 Å². The summed E-state index contributed by atoms with van der Waals surface area (Å²) in [6.07, 6.45) is 16.6. The van der Waals surface area contributed by atoms with Crippen molar-refractivity contribution in [1.82, 2.24) is 0 Å². The predicted octanol–water partition coefficient (Wildman–Crippen LogP) is 3.16. The second-order valence-corrected chi connectivity index (χ2v) is 2.67. The van der Waals surface area contributed by atoms with Gasteiger partial charge in [0.1, 0.15) is 12.0 Å². The molecule has 2 heteroatoms. The smallest absolute Gasteiger partial charge is 0.142 e. The lowest BCUT2D eigenvalue weighted by molar-refractivity contribution is -0.104. The van der Waals surface area contributed by atoms with Crippen LogP contribution in [0.5, 0.6) is 0 Å². The molecule has 0 aliphatic carbocycles. The maximum absolute atomic E-state index is 9.91. The Morgan fingerprint density at radius 3 is 2.20 bits per heavy atom. The summed E-state index contributed by atoms with van der Waals surface area (Å²) in [6.45, 7) is 0. The summed E-state index contributed by atoms with van der Waals surface area (Å²) in [5.41, 5.74) is 0. The second-order valence-electron chi connectivity index (χ2n) is 2.67. The van der Waals surface area contributed by atoms with E-state index in [4.69, 9.17) is 4.42 Å². The van der Waals surface area contributed by atoms with Crippen LogP contribution in [0.15, 0.2) is 65.3 Å². The van der Waals surface area contributed by atoms with Crippen LogP contribution in [-0.4, -0.2) is 6.29 Å². The molecule has 0 spiro atoms. The Kier molecular flexibility index (Phi) is 5.37. The molecule has 0 aromatic carbocycles. The highest BCUT2D eigenvalue weighted by atomic mass is 16.3. The molecule has 0 fully saturated rings. The number of aldehydes is 1. The van der Waals surface area contributed by atoms with E-state index in [0.717, 1.165) is 12.0 Å². The molecule has 0 unspecified atom stereocenters. The SMILES string of the molecule is O=C/C=C/C=C/C=C/C=C/c1ccco1. The molecule has 0 N–H and O–H groups in total. The fraction of sp³-hybridized carbons (Fsp3) is 0. The van der Waals surface area contributed by atoms with Crippen molar-refractivity contribution in [1.29, 1.82) is 0 Å². The van der Waals surface area contributed by atoms with E-state index < -0.39 is 0 Å². The number of carbonyl (C=O) groups is 1. The van der Waals surface area contributed by atoms with Crippen LogP contribution in [0.3, 0.4) is 0 Å². The van der Waals surface area contributed by atoms with E-state index in [1.807, 2.05) is 42.5 Å². The lowest BCUT2D eigenvalue weighted by Gasteiger charge is -1.79. The van der Waals surface area contributed by atoms with Gasteiger partial charge in [-0.1, -0.05) is 36.5 Å². The highest BCUT2D eigenvalue weighted by molar-refractivity contribution is 5.65. The molecule has 2 nitrogen and oxygen atoms in total. The normalized spacial score (nSPS) is 12.5. The Labute approximate surface area is 88.9 Å². The molecule has 0 amide bonds. The van der Waals surface area contributed by atoms with Gasteiger partial charge in [-0.05, 0) is 24.3 Å². The molecule has 0 saturated carbocycles. The van der Waals surface area contributed by atoms with Gasteiger partial charge in [0.05, 0.1) is 6.26 Å². The average molecular weight is 200 g/mol. The molecule has 76 valence electrons. The quantitative estimate of drug-likeness (QED) is 0.415. The zero-order valence-electron chi connectivity index (χ0n) is 8.24. The van der Waals surface area contributed by atoms with Gasteiger partial charge < -0.3 is 4.42 Å². The lowest BCUT2D eigenvalue weighted by atomic mass is 10.3. The Bertz CT molecular complexity index is 379. The molecule has 0 aliphatic rings. The van der Waals surface area contributed by atoms with Crippen LogP contribution in [0.4, 0.5) is 0 Å². The van der Waals surface area contributed by atoms with Gasteiger partial charge in [-0.15, -0.1) is 0 Å². The molecule has 0 atom stereocenters. The number of rotatable bonds is 5. The molecular weight excluding hydrogens is 188 g/mol. The molecule has 0 bridgehead atoms. The summed E-state index contributed by atoms with van der Waals surface area (Å²) >= 11 is 0. The van der Waals surface area contributed by atoms with Crippen molar-refractivity contribution in [2.45, 2.75) is 0 Å². The van der Waals surface area contributed by atoms with Gasteiger partial charge in [-0.2, -0.15) is 0 Å². The first-order chi connectivity index (χ1) is 7.43. The molecule has 0 aliphatic heterocycles. The number of hydrogen-bond acceptors (Lipinski definition) is 2. The molecular formula is C13H12O2. The van der Waals surface area contributed by atoms with Crippen molar-refractivity contribution in [2.24, 2.45) is 0 Å². The van der Waals surface area contributed by atoms with Gasteiger partial charge in [0, 0.05) is 0 Å². The minimum absolute atomic E-state index is 0.741. The summed E-state index contributed by atoms with van der Waals surface area (Å²) in [6, 6.07) is 3.72. The monoisotopic (exact) mass is 200 g/mol. The summed E-state index contributed by atoms with van der Waals surface area (Å²) in [7, 11) is 0. The van der Waals surface area contributed by atoms with Crippen molar-refractivity contribution >= 4 is 12.4 Å². The largest absolute Gasteiger partial charge is 0.465 e. The van der Waals surface area contributed by atoms with Crippen LogP contribution in [0.25, 0.3) is 6.08 Å². The summed E-state index contributed by atoms with van der Waals surface area (Å²) in [5, 5.41) is 0. The minimum Gasteiger partial charge on any atom is -0.465 e. The van der Waals surface area contributed by atoms with Crippen LogP contribution < -0.4 is 0 Å². The maximum Gasteiger partial charge on any atom is 0.142 e. The average Bonchev–Trinajstić information content (AvgIpc) is 2.75. The van der Waals surface area contributed by atoms with E-state index in [9.17, 15) is 4.79 Å². The number of hydrogen-bond donors (Lipinski definition) is 0. The number of allylic oxidation sites excluding steroid dienone is 7. The number of carbonyl (C=O) groups excluding carboxylic acids is 1. The van der Waals surface area contributed by atoms with Crippen LogP contribution in [-0.2, 0) is 4.79 Å². The third kappa shape index (κ3) is 5.26. The van der Waals surface area contributed by atoms with Crippen molar-refractivity contribution in [3.8, 4) is 0 Å². The third-order valence-electron chi connectivity index (χ3n) is 1.55. The van der Waals surface area contributed by atoms with Gasteiger partial charge in [0.2, 0.25) is 0 Å². The standard InChI is InChI=1S/C13H12O2/c14-11-7-5-3-1-2-4-6-9-13-10-8-12-15-13/h1-12H/b3-1+,4-2+,7-5+,9-6+. The van der Waals surface area contributed by atoms with Crippen LogP contribution >= 0.6 is 0 Å². The lowest BCUT2D eigenvalue weighted by Crippen LogP contribution is -1.58. The molecule has 1 heterocycles. The Hall–Kier alpha value is -2.09. The fourth-order valence-corrected chi connectivity index (χ4v) is 0.903. The van der Waals surface area contributed by atoms with Crippen molar-refractivity contribution in [2.75, 3.05) is 0 Å².